The van der Waals surface area contributed by atoms with E-state index in [1.807, 2.05) is 12.1 Å². The Hall–Kier alpha value is -0.781. The average Bonchev–Trinajstić information content (AvgIpc) is 2.17. The zero-order valence-electron chi connectivity index (χ0n) is 9.50. The van der Waals surface area contributed by atoms with Crippen molar-refractivity contribution in [3.05, 3.63) is 18.3 Å². The average molecular weight is 315 g/mol. The molecule has 15 heavy (non-hydrogen) atoms. The van der Waals surface area contributed by atoms with E-state index in [4.69, 9.17) is 0 Å². The van der Waals surface area contributed by atoms with Crippen molar-refractivity contribution in [2.45, 2.75) is 14.8 Å². The molecule has 1 amide bonds. The molecule has 0 aliphatic heterocycles. The topological polar surface area (TPSA) is 51.2 Å². The number of methoxy groups -OCH3 is 1. The van der Waals surface area contributed by atoms with Gasteiger partial charge in [-0.1, -0.05) is 0 Å². The zero-order valence-corrected chi connectivity index (χ0v) is 12.3. The van der Waals surface area contributed by atoms with Gasteiger partial charge < -0.3 is 0 Å². The first-order chi connectivity index (χ1) is 6.93. The van der Waals surface area contributed by atoms with Crippen molar-refractivity contribution in [3.8, 4) is 0 Å². The van der Waals surface area contributed by atoms with Crippen molar-refractivity contribution in [3.63, 3.8) is 0 Å². The van der Waals surface area contributed by atoms with Crippen LogP contribution in [0.3, 0.4) is 0 Å². The van der Waals surface area contributed by atoms with Crippen molar-refractivity contribution in [1.29, 1.82) is 0 Å². The van der Waals surface area contributed by atoms with E-state index >= 15 is 0 Å². The molecule has 0 aliphatic carbocycles. The predicted octanol–water partition coefficient (Wildman–Crippen LogP) is 1.81. The molecule has 0 aromatic carbocycles. The number of amides is 1. The molecule has 0 spiro atoms. The van der Waals surface area contributed by atoms with Gasteiger partial charge in [-0.2, -0.15) is 0 Å². The Morgan fingerprint density at radius 3 is 2.67 bits per heavy atom. The molecule has 0 aliphatic rings. The number of aromatic nitrogens is 1. The molecule has 82 valence electrons. The normalized spacial score (nSPS) is 10.9. The summed E-state index contributed by atoms with van der Waals surface area (Å²) in [4.78, 5) is 22.0. The van der Waals surface area contributed by atoms with Gasteiger partial charge in [0.05, 0.1) is 0 Å². The molecule has 0 saturated heterocycles. The molecule has 0 unspecified atom stereocenters. The second kappa shape index (κ2) is 4.83. The van der Waals surface area contributed by atoms with Crippen molar-refractivity contribution in [2.24, 2.45) is 0 Å². The summed E-state index contributed by atoms with van der Waals surface area (Å²) < 4.78 is 5.83. The third-order valence-electron chi connectivity index (χ3n) is 2.04. The van der Waals surface area contributed by atoms with Gasteiger partial charge in [0, 0.05) is 0 Å². The van der Waals surface area contributed by atoms with Gasteiger partial charge in [0.15, 0.2) is 0 Å². The second-order valence-corrected chi connectivity index (χ2v) is 18.8. The molecular formula is C10H16N2O2Sn. The van der Waals surface area contributed by atoms with E-state index in [1.165, 1.54) is 10.7 Å². The number of hydrogen-bond acceptors (Lipinski definition) is 3. The van der Waals surface area contributed by atoms with Gasteiger partial charge >= 0.3 is 94.0 Å². The fourth-order valence-electron chi connectivity index (χ4n) is 1.12. The summed E-state index contributed by atoms with van der Waals surface area (Å²) in [5.74, 6) is 0.561. The summed E-state index contributed by atoms with van der Waals surface area (Å²) in [5, 5.41) is 2.57. The minimum absolute atomic E-state index is 0.483. The van der Waals surface area contributed by atoms with Gasteiger partial charge in [-0.25, -0.2) is 0 Å². The Bertz CT molecular complexity index is 361. The number of anilines is 1. The Labute approximate surface area is 93.9 Å². The van der Waals surface area contributed by atoms with Crippen LogP contribution in [0.25, 0.3) is 0 Å². The molecule has 1 aromatic heterocycles. The van der Waals surface area contributed by atoms with Crippen LogP contribution in [0.4, 0.5) is 10.6 Å². The molecule has 1 heterocycles. The molecule has 1 rings (SSSR count). The number of nitrogens with one attached hydrogen (secondary N) is 1. The monoisotopic (exact) mass is 316 g/mol. The molecule has 5 heteroatoms. The first-order valence-corrected chi connectivity index (χ1v) is 14.7. The summed E-state index contributed by atoms with van der Waals surface area (Å²) >= 11 is -2.07. The summed E-state index contributed by atoms with van der Waals surface area (Å²) in [5.41, 5.74) is 0. The molecule has 0 bridgehead atoms. The molecule has 0 saturated carbocycles. The standard InChI is InChI=1S/C7H7N2O2.3CH3.Sn/c1-11-7(10)9-6-4-2-3-5-8-6;;;;/h3-5H,1H3,(H,8,9,10);3*1H3;. The number of carbonyl (C=O) groups excluding carboxylic acids is 1. The van der Waals surface area contributed by atoms with Gasteiger partial charge in [-0.05, 0) is 0 Å². The van der Waals surface area contributed by atoms with E-state index in [0.29, 0.717) is 5.82 Å². The maximum absolute atomic E-state index is 11.0. The summed E-state index contributed by atoms with van der Waals surface area (Å²) in [6, 6.07) is 3.96. The van der Waals surface area contributed by atoms with Gasteiger partial charge in [0.25, 0.3) is 0 Å². The maximum atomic E-state index is 11.0. The number of nitrogens with zero attached hydrogens (tertiary/aromatic N) is 1. The summed E-state index contributed by atoms with van der Waals surface area (Å²) in [7, 11) is 1.34. The fraction of sp³-hybridized carbons (Fsp3) is 0.400. The Kier molecular flexibility index (Phi) is 3.96. The van der Waals surface area contributed by atoms with Crippen LogP contribution in [0, 0.1) is 0 Å². The van der Waals surface area contributed by atoms with E-state index in [-0.39, 0.29) is 0 Å². The SMILES string of the molecule is COC(=O)Nc1c[c]([Sn]([CH3])([CH3])[CH3])ccn1. The first kappa shape index (κ1) is 12.3. The van der Waals surface area contributed by atoms with Crippen LogP contribution < -0.4 is 8.90 Å². The second-order valence-electron chi connectivity index (χ2n) is 4.30. The molecule has 4 nitrogen and oxygen atoms in total. The third kappa shape index (κ3) is 3.70. The van der Waals surface area contributed by atoms with E-state index < -0.39 is 24.5 Å². The molecule has 0 fully saturated rings. The van der Waals surface area contributed by atoms with Crippen molar-refractivity contribution < 1.29 is 9.53 Å². The number of carbonyl (C=O) groups is 1. The minimum atomic E-state index is -2.07. The van der Waals surface area contributed by atoms with Gasteiger partial charge in [0.1, 0.15) is 0 Å². The van der Waals surface area contributed by atoms with E-state index in [1.54, 1.807) is 6.20 Å². The molecule has 0 atom stereocenters. The van der Waals surface area contributed by atoms with Crippen molar-refractivity contribution in [1.82, 2.24) is 4.98 Å². The third-order valence-corrected chi connectivity index (χ3v) is 7.87. The van der Waals surface area contributed by atoms with E-state index in [9.17, 15) is 4.79 Å². The predicted molar refractivity (Wildman–Crippen MR) is 63.2 cm³/mol. The van der Waals surface area contributed by atoms with Crippen LogP contribution in [0.1, 0.15) is 0 Å². The van der Waals surface area contributed by atoms with E-state index in [0.717, 1.165) is 0 Å². The quantitative estimate of drug-likeness (QED) is 0.847. The van der Waals surface area contributed by atoms with Crippen LogP contribution in [-0.4, -0.2) is 36.6 Å². The molecule has 1 N–H and O–H groups in total. The molecule has 0 radical (unpaired) electrons. The number of rotatable bonds is 2. The van der Waals surface area contributed by atoms with Crippen LogP contribution in [0.2, 0.25) is 14.8 Å². The summed E-state index contributed by atoms with van der Waals surface area (Å²) in [6.45, 7) is 0. The Morgan fingerprint density at radius 1 is 1.47 bits per heavy atom. The first-order valence-electron chi connectivity index (χ1n) is 4.75. The zero-order chi connectivity index (χ0) is 11.5. The van der Waals surface area contributed by atoms with Gasteiger partial charge in [0.2, 0.25) is 0 Å². The van der Waals surface area contributed by atoms with Crippen LogP contribution in [0.5, 0.6) is 0 Å². The van der Waals surface area contributed by atoms with Crippen LogP contribution in [-0.2, 0) is 4.74 Å². The van der Waals surface area contributed by atoms with Crippen molar-refractivity contribution >= 4 is 33.9 Å². The van der Waals surface area contributed by atoms with Gasteiger partial charge in [-0.15, -0.1) is 0 Å². The summed E-state index contributed by atoms with van der Waals surface area (Å²) in [6.07, 6.45) is 1.24. The Morgan fingerprint density at radius 2 is 2.13 bits per heavy atom. The number of ether oxygens (including phenoxy) is 1. The van der Waals surface area contributed by atoms with Crippen LogP contribution >= 0.6 is 0 Å². The van der Waals surface area contributed by atoms with Crippen molar-refractivity contribution in [2.75, 3.05) is 12.4 Å². The molecular weight excluding hydrogens is 299 g/mol. The van der Waals surface area contributed by atoms with Crippen LogP contribution in [0.15, 0.2) is 18.3 Å². The van der Waals surface area contributed by atoms with Gasteiger partial charge in [-0.3, -0.25) is 0 Å². The number of pyridine rings is 1. The van der Waals surface area contributed by atoms with E-state index in [2.05, 4.69) is 29.9 Å². The number of hydrogen-bond donors (Lipinski definition) is 1. The Balaban J connectivity index is 2.88. The fourth-order valence-corrected chi connectivity index (χ4v) is 4.39. The molecule has 1 aromatic rings.